The smallest absolute Gasteiger partial charge is 0.408 e. The number of carbonyl (C=O) groups is 4. The van der Waals surface area contributed by atoms with Crippen molar-refractivity contribution in [3.63, 3.8) is 0 Å². The van der Waals surface area contributed by atoms with Gasteiger partial charge in [-0.2, -0.15) is 0 Å². The van der Waals surface area contributed by atoms with Gasteiger partial charge in [-0.3, -0.25) is 14.9 Å². The maximum atomic E-state index is 11.7. The lowest BCUT2D eigenvalue weighted by Gasteiger charge is -2.22. The number of amides is 3. The number of imide groups is 1. The fraction of sp³-hybridized carbons (Fsp3) is 0.571. The number of hydrogen-bond acceptors (Lipinski definition) is 7. The van der Waals surface area contributed by atoms with Crippen LogP contribution in [0.3, 0.4) is 0 Å². The number of esters is 1. The molecule has 1 aliphatic rings. The molecule has 0 fully saturated rings. The lowest BCUT2D eigenvalue weighted by molar-refractivity contribution is -0.143. The summed E-state index contributed by atoms with van der Waals surface area (Å²) in [5.41, 5.74) is -0.688. The van der Waals surface area contributed by atoms with Crippen molar-refractivity contribution in [2.75, 3.05) is 12.9 Å². The first-order valence-electron chi connectivity index (χ1n) is 6.89. The SMILES string of the molecule is COC(=O)[C@H](CCSC1=CC(=O)NC1=O)NC(=O)OC(C)(C)C. The molecule has 0 aromatic heterocycles. The fourth-order valence-corrected chi connectivity index (χ4v) is 2.58. The first-order chi connectivity index (χ1) is 10.6. The Balaban J connectivity index is 2.53. The molecule has 0 aromatic carbocycles. The van der Waals surface area contributed by atoms with E-state index in [2.05, 4.69) is 15.4 Å². The Morgan fingerprint density at radius 1 is 1.35 bits per heavy atom. The first kappa shape index (κ1) is 19.0. The Kier molecular flexibility index (Phi) is 6.62. The van der Waals surface area contributed by atoms with Crippen LogP contribution in [0.25, 0.3) is 0 Å². The molecule has 9 heteroatoms. The number of hydrogen-bond donors (Lipinski definition) is 2. The van der Waals surface area contributed by atoms with Gasteiger partial charge >= 0.3 is 12.1 Å². The standard InChI is InChI=1S/C14H20N2O6S/c1-14(2,3)22-13(20)15-8(12(19)21-4)5-6-23-9-7-10(17)16-11(9)18/h7-8H,5-6H2,1-4H3,(H,15,20)(H,16,17,18)/t8-/m0/s1. The van der Waals surface area contributed by atoms with E-state index in [4.69, 9.17) is 4.74 Å². The van der Waals surface area contributed by atoms with Crippen molar-refractivity contribution >= 4 is 35.6 Å². The molecule has 3 amide bonds. The van der Waals surface area contributed by atoms with E-state index in [9.17, 15) is 19.2 Å². The van der Waals surface area contributed by atoms with Gasteiger partial charge in [0.2, 0.25) is 0 Å². The summed E-state index contributed by atoms with van der Waals surface area (Å²) < 4.78 is 9.73. The average Bonchev–Trinajstić information content (AvgIpc) is 2.73. The zero-order chi connectivity index (χ0) is 17.6. The molecule has 23 heavy (non-hydrogen) atoms. The maximum Gasteiger partial charge on any atom is 0.408 e. The molecule has 0 saturated carbocycles. The molecule has 1 atom stereocenters. The van der Waals surface area contributed by atoms with Crippen LogP contribution in [-0.4, -0.2) is 48.4 Å². The van der Waals surface area contributed by atoms with Gasteiger partial charge in [0, 0.05) is 11.8 Å². The van der Waals surface area contributed by atoms with Crippen LogP contribution in [0.2, 0.25) is 0 Å². The summed E-state index contributed by atoms with van der Waals surface area (Å²) in [4.78, 5) is 46.1. The van der Waals surface area contributed by atoms with Crippen molar-refractivity contribution in [2.45, 2.75) is 38.8 Å². The number of alkyl carbamates (subject to hydrolysis) is 1. The molecule has 0 radical (unpaired) electrons. The van der Waals surface area contributed by atoms with Crippen LogP contribution in [-0.2, 0) is 23.9 Å². The molecular weight excluding hydrogens is 324 g/mol. The van der Waals surface area contributed by atoms with Crippen molar-refractivity contribution in [2.24, 2.45) is 0 Å². The molecule has 0 aliphatic carbocycles. The quantitative estimate of drug-likeness (QED) is 0.539. The predicted octanol–water partition coefficient (Wildman–Crippen LogP) is 0.716. The molecule has 128 valence electrons. The molecule has 0 spiro atoms. The molecular formula is C14H20N2O6S. The van der Waals surface area contributed by atoms with Crippen molar-refractivity contribution in [1.29, 1.82) is 0 Å². The highest BCUT2D eigenvalue weighted by atomic mass is 32.2. The van der Waals surface area contributed by atoms with Gasteiger partial charge in [-0.1, -0.05) is 0 Å². The number of carbonyl (C=O) groups excluding carboxylic acids is 4. The van der Waals surface area contributed by atoms with Crippen LogP contribution in [0.5, 0.6) is 0 Å². The summed E-state index contributed by atoms with van der Waals surface area (Å²) in [6.07, 6.45) is 0.683. The number of methoxy groups -OCH3 is 1. The first-order valence-corrected chi connectivity index (χ1v) is 7.88. The van der Waals surface area contributed by atoms with Gasteiger partial charge < -0.3 is 14.8 Å². The Morgan fingerprint density at radius 2 is 2.00 bits per heavy atom. The highest BCUT2D eigenvalue weighted by molar-refractivity contribution is 8.04. The van der Waals surface area contributed by atoms with Gasteiger partial charge in [0.05, 0.1) is 12.0 Å². The molecule has 8 nitrogen and oxygen atoms in total. The summed E-state index contributed by atoms with van der Waals surface area (Å²) in [6.45, 7) is 5.12. The van der Waals surface area contributed by atoms with E-state index >= 15 is 0 Å². The molecule has 1 heterocycles. The predicted molar refractivity (Wildman–Crippen MR) is 83.5 cm³/mol. The molecule has 0 bridgehead atoms. The Hall–Kier alpha value is -2.03. The third kappa shape index (κ3) is 6.72. The minimum atomic E-state index is -0.900. The summed E-state index contributed by atoms with van der Waals surface area (Å²) in [5.74, 6) is -1.21. The average molecular weight is 344 g/mol. The zero-order valence-corrected chi connectivity index (χ0v) is 14.2. The third-order valence-corrected chi connectivity index (χ3v) is 3.62. The number of rotatable bonds is 6. The van der Waals surface area contributed by atoms with E-state index in [0.717, 1.165) is 11.8 Å². The minimum absolute atomic E-state index is 0.218. The van der Waals surface area contributed by atoms with Crippen molar-refractivity contribution in [3.8, 4) is 0 Å². The molecule has 1 aliphatic heterocycles. The maximum absolute atomic E-state index is 11.7. The lowest BCUT2D eigenvalue weighted by atomic mass is 10.2. The normalized spacial score (nSPS) is 15.6. The molecule has 0 unspecified atom stereocenters. The fourth-order valence-electron chi connectivity index (χ4n) is 1.63. The van der Waals surface area contributed by atoms with Crippen molar-refractivity contribution < 1.29 is 28.7 Å². The highest BCUT2D eigenvalue weighted by Gasteiger charge is 2.26. The molecule has 0 aromatic rings. The largest absolute Gasteiger partial charge is 0.467 e. The monoisotopic (exact) mass is 344 g/mol. The number of ether oxygens (including phenoxy) is 2. The zero-order valence-electron chi connectivity index (χ0n) is 13.4. The van der Waals surface area contributed by atoms with Gasteiger partial charge in [0.1, 0.15) is 11.6 Å². The van der Waals surface area contributed by atoms with Crippen LogP contribution in [0, 0.1) is 0 Å². The van der Waals surface area contributed by atoms with Crippen molar-refractivity contribution in [1.82, 2.24) is 10.6 Å². The molecule has 2 N–H and O–H groups in total. The topological polar surface area (TPSA) is 111 Å². The van der Waals surface area contributed by atoms with Gasteiger partial charge in [-0.05, 0) is 27.2 Å². The lowest BCUT2D eigenvalue weighted by Crippen LogP contribution is -2.44. The molecule has 1 rings (SSSR count). The van der Waals surface area contributed by atoms with E-state index in [1.54, 1.807) is 20.8 Å². The van der Waals surface area contributed by atoms with Crippen LogP contribution >= 0.6 is 11.8 Å². The third-order valence-electron chi connectivity index (χ3n) is 2.56. The number of nitrogens with one attached hydrogen (secondary N) is 2. The summed E-state index contributed by atoms with van der Waals surface area (Å²) in [5, 5.41) is 4.56. The van der Waals surface area contributed by atoms with Gasteiger partial charge in [-0.15, -0.1) is 11.8 Å². The second-order valence-electron chi connectivity index (χ2n) is 5.69. The Labute approximate surface area is 138 Å². The second-order valence-corrected chi connectivity index (χ2v) is 6.82. The van der Waals surface area contributed by atoms with Crippen LogP contribution in [0.1, 0.15) is 27.2 Å². The van der Waals surface area contributed by atoms with Crippen LogP contribution < -0.4 is 10.6 Å². The molecule has 0 saturated heterocycles. The number of thioether (sulfide) groups is 1. The van der Waals surface area contributed by atoms with Crippen LogP contribution in [0.15, 0.2) is 11.0 Å². The van der Waals surface area contributed by atoms with Gasteiger partial charge in [-0.25, -0.2) is 9.59 Å². The minimum Gasteiger partial charge on any atom is -0.467 e. The van der Waals surface area contributed by atoms with Crippen molar-refractivity contribution in [3.05, 3.63) is 11.0 Å². The van der Waals surface area contributed by atoms with Gasteiger partial charge in [0.15, 0.2) is 0 Å². The van der Waals surface area contributed by atoms with Crippen LogP contribution in [0.4, 0.5) is 4.79 Å². The van der Waals surface area contributed by atoms with E-state index < -0.39 is 35.5 Å². The summed E-state index contributed by atoms with van der Waals surface area (Å²) in [7, 11) is 1.21. The Bertz CT molecular complexity index is 538. The Morgan fingerprint density at radius 3 is 2.48 bits per heavy atom. The summed E-state index contributed by atoms with van der Waals surface area (Å²) in [6, 6.07) is -0.900. The van der Waals surface area contributed by atoms with E-state index in [1.807, 2.05) is 0 Å². The highest BCUT2D eigenvalue weighted by Crippen LogP contribution is 2.20. The van der Waals surface area contributed by atoms with Gasteiger partial charge in [0.25, 0.3) is 11.8 Å². The van der Waals surface area contributed by atoms with E-state index in [0.29, 0.717) is 5.75 Å². The van der Waals surface area contributed by atoms with E-state index in [-0.39, 0.29) is 11.3 Å². The second kappa shape index (κ2) is 8.00. The summed E-state index contributed by atoms with van der Waals surface area (Å²) >= 11 is 1.12. The van der Waals surface area contributed by atoms with E-state index in [1.165, 1.54) is 13.2 Å².